The van der Waals surface area contributed by atoms with E-state index >= 15 is 0 Å². The van der Waals surface area contributed by atoms with Crippen LogP contribution < -0.4 is 10.5 Å². The van der Waals surface area contributed by atoms with Crippen molar-refractivity contribution in [2.75, 3.05) is 31.1 Å². The summed E-state index contributed by atoms with van der Waals surface area (Å²) >= 11 is 5.90. The summed E-state index contributed by atoms with van der Waals surface area (Å²) in [4.78, 5) is 21.5. The summed E-state index contributed by atoms with van der Waals surface area (Å²) in [6, 6.07) is 13.6. The van der Waals surface area contributed by atoms with Gasteiger partial charge in [0.1, 0.15) is 5.83 Å². The first-order valence-electron chi connectivity index (χ1n) is 10.3. The molecule has 0 radical (unpaired) electrons. The number of anilines is 1. The summed E-state index contributed by atoms with van der Waals surface area (Å²) in [6.45, 7) is 6.32. The third kappa shape index (κ3) is 3.89. The van der Waals surface area contributed by atoms with E-state index in [4.69, 9.17) is 11.6 Å². The monoisotopic (exact) mass is 436 g/mol. The smallest absolute Gasteiger partial charge is 0.255 e. The lowest BCUT2D eigenvalue weighted by Gasteiger charge is -2.45. The topological polar surface area (TPSA) is 41.4 Å². The molecule has 31 heavy (non-hydrogen) atoms. The van der Waals surface area contributed by atoms with Crippen LogP contribution in [-0.4, -0.2) is 46.7 Å². The lowest BCUT2D eigenvalue weighted by Crippen LogP contribution is -2.59. The molecule has 1 fully saturated rings. The zero-order valence-electron chi connectivity index (χ0n) is 17.0. The maximum atomic E-state index is 13.0. The molecule has 7 heteroatoms. The molecule has 0 aliphatic carbocycles. The predicted molar refractivity (Wildman–Crippen MR) is 122 cm³/mol. The Bertz CT molecular complexity index is 1200. The lowest BCUT2D eigenvalue weighted by atomic mass is 10.1. The molecule has 1 saturated heterocycles. The van der Waals surface area contributed by atoms with Crippen molar-refractivity contribution in [1.29, 1.82) is 0 Å². The van der Waals surface area contributed by atoms with E-state index in [1.807, 2.05) is 12.1 Å². The van der Waals surface area contributed by atoms with Gasteiger partial charge >= 0.3 is 0 Å². The highest BCUT2D eigenvalue weighted by Gasteiger charge is 2.35. The molecule has 0 unspecified atom stereocenters. The van der Waals surface area contributed by atoms with E-state index in [1.165, 1.54) is 11.3 Å². The minimum atomic E-state index is -0.284. The van der Waals surface area contributed by atoms with Gasteiger partial charge in [-0.2, -0.15) is 0 Å². The first-order valence-corrected chi connectivity index (χ1v) is 10.7. The zero-order chi connectivity index (χ0) is 21.5. The Hall–Kier alpha value is -2.96. The van der Waals surface area contributed by atoms with E-state index < -0.39 is 0 Å². The summed E-state index contributed by atoms with van der Waals surface area (Å²) in [6.07, 6.45) is 4.30. The molecule has 158 valence electrons. The molecule has 0 spiro atoms. The number of benzene rings is 1. The van der Waals surface area contributed by atoms with Crippen molar-refractivity contribution in [3.05, 3.63) is 88.2 Å². The van der Waals surface area contributed by atoms with Gasteiger partial charge in [0.2, 0.25) is 0 Å². The predicted octanol–water partition coefficient (Wildman–Crippen LogP) is 4.08. The van der Waals surface area contributed by atoms with Crippen LogP contribution in [0.2, 0.25) is 5.02 Å². The Morgan fingerprint density at radius 2 is 2.03 bits per heavy atom. The second-order valence-electron chi connectivity index (χ2n) is 8.11. The number of pyridine rings is 2. The number of hydrogen-bond acceptors (Lipinski definition) is 4. The summed E-state index contributed by atoms with van der Waals surface area (Å²) in [5, 5.41) is 0.562. The van der Waals surface area contributed by atoms with Crippen LogP contribution in [0.4, 0.5) is 10.1 Å². The van der Waals surface area contributed by atoms with Gasteiger partial charge in [0, 0.05) is 61.6 Å². The van der Waals surface area contributed by atoms with Gasteiger partial charge in [-0.1, -0.05) is 18.2 Å². The number of aromatic nitrogens is 2. The number of likely N-dealkylation sites (tertiary alicyclic amines) is 1. The highest BCUT2D eigenvalue weighted by atomic mass is 35.5. The highest BCUT2D eigenvalue weighted by Crippen LogP contribution is 2.33. The minimum absolute atomic E-state index is 0.106. The average molecular weight is 437 g/mol. The van der Waals surface area contributed by atoms with Gasteiger partial charge in [-0.3, -0.25) is 19.2 Å². The van der Waals surface area contributed by atoms with E-state index in [-0.39, 0.29) is 11.4 Å². The van der Waals surface area contributed by atoms with Gasteiger partial charge in [0.25, 0.3) is 5.56 Å². The summed E-state index contributed by atoms with van der Waals surface area (Å²) < 4.78 is 14.7. The Balaban J connectivity index is 1.35. The van der Waals surface area contributed by atoms with Crippen LogP contribution in [0.3, 0.4) is 0 Å². The molecule has 1 aromatic carbocycles. The van der Waals surface area contributed by atoms with Gasteiger partial charge in [-0.25, -0.2) is 4.39 Å². The third-order valence-corrected chi connectivity index (χ3v) is 6.21. The second-order valence-corrected chi connectivity index (χ2v) is 8.54. The molecule has 0 amide bonds. The van der Waals surface area contributed by atoms with Crippen LogP contribution in [0, 0.1) is 0 Å². The van der Waals surface area contributed by atoms with Crippen LogP contribution in [-0.2, 0) is 6.42 Å². The Kier molecular flexibility index (Phi) is 5.12. The molecule has 4 heterocycles. The van der Waals surface area contributed by atoms with E-state index in [0.29, 0.717) is 23.3 Å². The number of hydrogen-bond donors (Lipinski definition) is 0. The second kappa shape index (κ2) is 7.94. The first-order chi connectivity index (χ1) is 15.0. The molecule has 5 nitrogen and oxygen atoms in total. The molecular formula is C24H22ClFN4O. The fourth-order valence-corrected chi connectivity index (χ4v) is 4.56. The van der Waals surface area contributed by atoms with Crippen LogP contribution in [0.5, 0.6) is 0 Å². The van der Waals surface area contributed by atoms with E-state index in [1.54, 1.807) is 35.2 Å². The van der Waals surface area contributed by atoms with Crippen LogP contribution in [0.1, 0.15) is 5.56 Å². The minimum Gasteiger partial charge on any atom is -0.365 e. The van der Waals surface area contributed by atoms with Crippen LogP contribution >= 0.6 is 11.6 Å². The lowest BCUT2D eigenvalue weighted by molar-refractivity contribution is 0.151. The summed E-state index contributed by atoms with van der Waals surface area (Å²) in [5.41, 5.74) is 4.67. The fourth-order valence-electron chi connectivity index (χ4n) is 4.45. The van der Waals surface area contributed by atoms with Gasteiger partial charge in [-0.05, 0) is 48.4 Å². The van der Waals surface area contributed by atoms with Crippen molar-refractivity contribution in [3.8, 4) is 16.9 Å². The Morgan fingerprint density at radius 1 is 1.19 bits per heavy atom. The SMILES string of the molecule is C=C(F)CN1CC(N2CCc3cc(-n4ccc(-c5ccc(Cl)cn5)cc4=O)ccc32)C1. The molecule has 5 rings (SSSR count). The van der Waals surface area contributed by atoms with Crippen LogP contribution in [0.15, 0.2) is 72.1 Å². The molecule has 2 aromatic heterocycles. The van der Waals surface area contributed by atoms with Gasteiger partial charge in [-0.15, -0.1) is 0 Å². The summed E-state index contributed by atoms with van der Waals surface area (Å²) in [7, 11) is 0. The van der Waals surface area contributed by atoms with Crippen molar-refractivity contribution in [2.45, 2.75) is 12.5 Å². The first kappa shape index (κ1) is 20.0. The van der Waals surface area contributed by atoms with E-state index in [2.05, 4.69) is 33.5 Å². The number of rotatable bonds is 5. The van der Waals surface area contributed by atoms with E-state index in [9.17, 15) is 9.18 Å². The van der Waals surface area contributed by atoms with Gasteiger partial charge in [0.05, 0.1) is 16.8 Å². The standard InChI is InChI=1S/C24H22ClFN4O/c1-16(26)13-28-14-21(15-28)29-8-7-18-10-20(3-5-23(18)29)30-9-6-17(11-24(30)31)22-4-2-19(25)12-27-22/h2-6,9-12,21H,1,7-8,13-15H2. The molecule has 0 bridgehead atoms. The average Bonchev–Trinajstić information content (AvgIpc) is 3.13. The quantitative estimate of drug-likeness (QED) is 0.604. The molecule has 2 aliphatic heterocycles. The summed E-state index contributed by atoms with van der Waals surface area (Å²) in [5.74, 6) is -0.284. The maximum absolute atomic E-state index is 13.0. The highest BCUT2D eigenvalue weighted by molar-refractivity contribution is 6.30. The van der Waals surface area contributed by atoms with Crippen LogP contribution in [0.25, 0.3) is 16.9 Å². The number of nitrogens with zero attached hydrogens (tertiary/aromatic N) is 4. The van der Waals surface area contributed by atoms with Crippen molar-refractivity contribution < 1.29 is 4.39 Å². The zero-order valence-corrected chi connectivity index (χ0v) is 17.7. The van der Waals surface area contributed by atoms with Crippen molar-refractivity contribution in [3.63, 3.8) is 0 Å². The van der Waals surface area contributed by atoms with E-state index in [0.717, 1.165) is 37.3 Å². The Labute approximate surface area is 185 Å². The molecule has 0 saturated carbocycles. The maximum Gasteiger partial charge on any atom is 0.255 e. The molecule has 0 N–H and O–H groups in total. The molecule has 3 aromatic rings. The molecular weight excluding hydrogens is 415 g/mol. The van der Waals surface area contributed by atoms with Crippen molar-refractivity contribution in [2.24, 2.45) is 0 Å². The number of fused-ring (bicyclic) bond motifs is 1. The largest absolute Gasteiger partial charge is 0.365 e. The number of halogens is 2. The molecule has 0 atom stereocenters. The van der Waals surface area contributed by atoms with Crippen molar-refractivity contribution >= 4 is 17.3 Å². The Morgan fingerprint density at radius 3 is 2.74 bits per heavy atom. The normalized spacial score (nSPS) is 16.3. The third-order valence-electron chi connectivity index (χ3n) is 5.99. The van der Waals surface area contributed by atoms with Gasteiger partial charge in [0.15, 0.2) is 0 Å². The van der Waals surface area contributed by atoms with Crippen molar-refractivity contribution in [1.82, 2.24) is 14.5 Å². The van der Waals surface area contributed by atoms with Gasteiger partial charge < -0.3 is 4.90 Å². The fraction of sp³-hybridized carbons (Fsp3) is 0.250. The molecule has 2 aliphatic rings.